The van der Waals surface area contributed by atoms with Crippen molar-refractivity contribution in [3.8, 4) is 0 Å². The predicted octanol–water partition coefficient (Wildman–Crippen LogP) is 3.08. The summed E-state index contributed by atoms with van der Waals surface area (Å²) in [7, 11) is 0. The summed E-state index contributed by atoms with van der Waals surface area (Å²) in [6, 6.07) is 3.12. The molecule has 0 radical (unpaired) electrons. The number of carboxylic acid groups (broad SMARTS) is 1. The fraction of sp³-hybridized carbons (Fsp3) is 0.385. The van der Waals surface area contributed by atoms with Gasteiger partial charge in [0.25, 0.3) is 0 Å². The van der Waals surface area contributed by atoms with Crippen molar-refractivity contribution in [1.82, 2.24) is 0 Å². The maximum Gasteiger partial charge on any atom is 0.337 e. The van der Waals surface area contributed by atoms with Gasteiger partial charge in [-0.05, 0) is 34.0 Å². The van der Waals surface area contributed by atoms with Crippen LogP contribution in [0, 0.1) is 11.8 Å². The van der Waals surface area contributed by atoms with Crippen LogP contribution >= 0.6 is 31.9 Å². The first-order valence-electron chi connectivity index (χ1n) is 6.01. The number of halogens is 2. The van der Waals surface area contributed by atoms with Gasteiger partial charge in [-0.1, -0.05) is 29.8 Å². The molecule has 20 heavy (non-hydrogen) atoms. The Bertz CT molecular complexity index is 533. The van der Waals surface area contributed by atoms with Gasteiger partial charge in [-0.2, -0.15) is 0 Å². The second-order valence-corrected chi connectivity index (χ2v) is 6.46. The first kappa shape index (κ1) is 17.1. The minimum Gasteiger partial charge on any atom is -0.478 e. The number of hydrogen-bond donors (Lipinski definition) is 3. The summed E-state index contributed by atoms with van der Waals surface area (Å²) in [5, 5.41) is 11.9. The van der Waals surface area contributed by atoms with Gasteiger partial charge in [-0.3, -0.25) is 4.79 Å². The number of carbonyl (C=O) groups excluding carboxylic acids is 1. The van der Waals surface area contributed by atoms with E-state index in [1.165, 1.54) is 6.07 Å². The minimum atomic E-state index is -1.11. The third-order valence-electron chi connectivity index (χ3n) is 2.93. The van der Waals surface area contributed by atoms with Gasteiger partial charge in [0.05, 0.1) is 17.2 Å². The van der Waals surface area contributed by atoms with Crippen LogP contribution in [0.2, 0.25) is 0 Å². The van der Waals surface area contributed by atoms with Gasteiger partial charge in [0.1, 0.15) is 0 Å². The van der Waals surface area contributed by atoms with Crippen LogP contribution in [0.25, 0.3) is 0 Å². The first-order valence-corrected chi connectivity index (χ1v) is 7.59. The zero-order chi connectivity index (χ0) is 15.4. The van der Waals surface area contributed by atoms with Gasteiger partial charge in [-0.25, -0.2) is 4.79 Å². The minimum absolute atomic E-state index is 0.0131. The molecule has 0 aromatic heterocycles. The number of benzene rings is 1. The van der Waals surface area contributed by atoms with E-state index in [0.29, 0.717) is 8.95 Å². The molecule has 7 heteroatoms. The summed E-state index contributed by atoms with van der Waals surface area (Å²) in [4.78, 5) is 23.4. The van der Waals surface area contributed by atoms with Crippen molar-refractivity contribution < 1.29 is 14.7 Å². The summed E-state index contributed by atoms with van der Waals surface area (Å²) in [6.07, 6.45) is 0. The Morgan fingerprint density at radius 3 is 2.40 bits per heavy atom. The van der Waals surface area contributed by atoms with Crippen LogP contribution in [0.5, 0.6) is 0 Å². The Morgan fingerprint density at radius 1 is 1.35 bits per heavy atom. The van der Waals surface area contributed by atoms with Gasteiger partial charge in [-0.15, -0.1) is 0 Å². The van der Waals surface area contributed by atoms with Crippen molar-refractivity contribution in [2.75, 3.05) is 11.9 Å². The van der Waals surface area contributed by atoms with Crippen LogP contribution in [0.3, 0.4) is 0 Å². The van der Waals surface area contributed by atoms with E-state index in [4.69, 9.17) is 5.73 Å². The molecule has 1 amide bonds. The molecule has 0 spiro atoms. The highest BCUT2D eigenvalue weighted by Crippen LogP contribution is 2.31. The molecule has 1 atom stereocenters. The standard InChI is InChI=1S/C13H16Br2N2O3/c1-6(2)9(5-16)12(18)17-11-8(13(19)20)3-7(14)4-10(11)15/h3-4,6,9H,5,16H2,1-2H3,(H,17,18)(H,19,20). The molecule has 0 heterocycles. The third-order valence-corrected chi connectivity index (χ3v) is 4.01. The lowest BCUT2D eigenvalue weighted by molar-refractivity contribution is -0.120. The highest BCUT2D eigenvalue weighted by molar-refractivity contribution is 9.11. The van der Waals surface area contributed by atoms with Gasteiger partial charge >= 0.3 is 5.97 Å². The van der Waals surface area contributed by atoms with Gasteiger partial charge in [0.15, 0.2) is 0 Å². The van der Waals surface area contributed by atoms with Gasteiger partial charge < -0.3 is 16.2 Å². The van der Waals surface area contributed by atoms with E-state index in [1.54, 1.807) is 6.07 Å². The maximum absolute atomic E-state index is 12.2. The molecule has 1 aromatic carbocycles. The lowest BCUT2D eigenvalue weighted by Gasteiger charge is -2.19. The van der Waals surface area contributed by atoms with Crippen LogP contribution < -0.4 is 11.1 Å². The van der Waals surface area contributed by atoms with Crippen molar-refractivity contribution in [3.05, 3.63) is 26.6 Å². The maximum atomic E-state index is 12.2. The van der Waals surface area contributed by atoms with Crippen molar-refractivity contribution in [2.45, 2.75) is 13.8 Å². The lowest BCUT2D eigenvalue weighted by Crippen LogP contribution is -2.33. The van der Waals surface area contributed by atoms with Crippen molar-refractivity contribution in [2.24, 2.45) is 17.6 Å². The molecule has 4 N–H and O–H groups in total. The molecule has 1 unspecified atom stereocenters. The molecule has 1 aromatic rings. The molecule has 0 saturated heterocycles. The van der Waals surface area contributed by atoms with Crippen LogP contribution in [-0.4, -0.2) is 23.5 Å². The molecule has 0 bridgehead atoms. The largest absolute Gasteiger partial charge is 0.478 e. The molecule has 5 nitrogen and oxygen atoms in total. The molecule has 110 valence electrons. The number of hydrogen-bond acceptors (Lipinski definition) is 3. The Balaban J connectivity index is 3.15. The average molecular weight is 408 g/mol. The Morgan fingerprint density at radius 2 is 1.95 bits per heavy atom. The summed E-state index contributed by atoms with van der Waals surface area (Å²) in [5.41, 5.74) is 5.85. The van der Waals surface area contributed by atoms with E-state index < -0.39 is 5.97 Å². The van der Waals surface area contributed by atoms with E-state index in [2.05, 4.69) is 37.2 Å². The molecular weight excluding hydrogens is 392 g/mol. The van der Waals surface area contributed by atoms with Crippen LogP contribution in [-0.2, 0) is 4.79 Å². The Labute approximate surface area is 134 Å². The third kappa shape index (κ3) is 4.04. The molecule has 0 aliphatic rings. The summed E-state index contributed by atoms with van der Waals surface area (Å²) in [6.45, 7) is 4.00. The second-order valence-electron chi connectivity index (χ2n) is 4.69. The normalized spacial score (nSPS) is 12.3. The van der Waals surface area contributed by atoms with Gasteiger partial charge in [0, 0.05) is 15.5 Å². The van der Waals surface area contributed by atoms with E-state index >= 15 is 0 Å². The summed E-state index contributed by atoms with van der Waals surface area (Å²) < 4.78 is 1.11. The summed E-state index contributed by atoms with van der Waals surface area (Å²) in [5.74, 6) is -1.70. The fourth-order valence-electron chi connectivity index (χ4n) is 1.77. The smallest absolute Gasteiger partial charge is 0.337 e. The number of aromatic carboxylic acids is 1. The predicted molar refractivity (Wildman–Crippen MR) is 84.8 cm³/mol. The second kappa shape index (κ2) is 7.19. The van der Waals surface area contributed by atoms with E-state index in [9.17, 15) is 14.7 Å². The zero-order valence-electron chi connectivity index (χ0n) is 11.1. The van der Waals surface area contributed by atoms with Crippen molar-refractivity contribution in [1.29, 1.82) is 0 Å². The molecule has 0 fully saturated rings. The first-order chi connectivity index (χ1) is 9.27. The number of carboxylic acids is 1. The molecule has 0 saturated carbocycles. The van der Waals surface area contributed by atoms with E-state index in [1.807, 2.05) is 13.8 Å². The summed E-state index contributed by atoms with van der Waals surface area (Å²) >= 11 is 6.48. The fourth-order valence-corrected chi connectivity index (χ4v) is 3.09. The Hall–Kier alpha value is -0.920. The molecule has 0 aliphatic heterocycles. The molecule has 1 rings (SSSR count). The molecule has 0 aliphatic carbocycles. The van der Waals surface area contributed by atoms with Crippen LogP contribution in [0.4, 0.5) is 5.69 Å². The SMILES string of the molecule is CC(C)C(CN)C(=O)Nc1c(Br)cc(Br)cc1C(=O)O. The molecular formula is C13H16Br2N2O3. The monoisotopic (exact) mass is 406 g/mol. The highest BCUT2D eigenvalue weighted by atomic mass is 79.9. The zero-order valence-corrected chi connectivity index (χ0v) is 14.3. The van der Waals surface area contributed by atoms with E-state index in [0.717, 1.165) is 0 Å². The lowest BCUT2D eigenvalue weighted by atomic mass is 9.95. The van der Waals surface area contributed by atoms with Crippen molar-refractivity contribution >= 4 is 49.4 Å². The van der Waals surface area contributed by atoms with Crippen molar-refractivity contribution in [3.63, 3.8) is 0 Å². The van der Waals surface area contributed by atoms with Crippen LogP contribution in [0.1, 0.15) is 24.2 Å². The van der Waals surface area contributed by atoms with Crippen LogP contribution in [0.15, 0.2) is 21.1 Å². The number of amides is 1. The Kier molecular flexibility index (Phi) is 6.16. The number of rotatable bonds is 5. The van der Waals surface area contributed by atoms with E-state index in [-0.39, 0.29) is 35.5 Å². The average Bonchev–Trinajstić information content (AvgIpc) is 2.32. The number of nitrogens with two attached hydrogens (primary N) is 1. The number of carbonyl (C=O) groups is 2. The topological polar surface area (TPSA) is 92.4 Å². The number of anilines is 1. The quantitative estimate of drug-likeness (QED) is 0.699. The number of nitrogens with one attached hydrogen (secondary N) is 1. The van der Waals surface area contributed by atoms with Gasteiger partial charge in [0.2, 0.25) is 5.91 Å². The highest BCUT2D eigenvalue weighted by Gasteiger charge is 2.23.